The van der Waals surface area contributed by atoms with E-state index in [4.69, 9.17) is 5.11 Å². The summed E-state index contributed by atoms with van der Waals surface area (Å²) in [6.45, 7) is 1.79. The molecule has 1 aromatic rings. The van der Waals surface area contributed by atoms with Crippen molar-refractivity contribution in [3.8, 4) is 0 Å². The highest BCUT2D eigenvalue weighted by Gasteiger charge is 2.12. The molecule has 104 valence electrons. The lowest BCUT2D eigenvalue weighted by molar-refractivity contribution is -0.131. The molecule has 1 amide bonds. The van der Waals surface area contributed by atoms with E-state index in [1.54, 1.807) is 25.3 Å². The molecule has 1 rings (SSSR count). The molecule has 0 saturated carbocycles. The van der Waals surface area contributed by atoms with E-state index >= 15 is 0 Å². The smallest absolute Gasteiger partial charge is 0.328 e. The Morgan fingerprint density at radius 3 is 2.79 bits per heavy atom. The van der Waals surface area contributed by atoms with Crippen LogP contribution in [0.3, 0.4) is 0 Å². The standard InChI is InChI=1S/C12H15NO4S2/c1-8(7-19(2)17)13-12(16)10-5-3-9(18-10)4-6-11(14)15/h3-6,8H,7H2,1-2H3,(H,13,16)(H,14,15)/b6-4+. The molecule has 1 aromatic heterocycles. The summed E-state index contributed by atoms with van der Waals surface area (Å²) in [5.74, 6) is -0.862. The molecule has 7 heteroatoms. The van der Waals surface area contributed by atoms with Crippen LogP contribution >= 0.6 is 11.3 Å². The number of amides is 1. The molecular formula is C12H15NO4S2. The number of carbonyl (C=O) groups is 2. The molecule has 2 unspecified atom stereocenters. The second-order valence-electron chi connectivity index (χ2n) is 3.99. The molecule has 1 heterocycles. The lowest BCUT2D eigenvalue weighted by Gasteiger charge is -2.10. The van der Waals surface area contributed by atoms with E-state index in [1.165, 1.54) is 17.4 Å². The zero-order chi connectivity index (χ0) is 14.4. The zero-order valence-corrected chi connectivity index (χ0v) is 12.2. The first-order valence-corrected chi connectivity index (χ1v) is 8.04. The van der Waals surface area contributed by atoms with Crippen LogP contribution in [0.5, 0.6) is 0 Å². The van der Waals surface area contributed by atoms with Gasteiger partial charge in [-0.3, -0.25) is 9.00 Å². The van der Waals surface area contributed by atoms with E-state index in [9.17, 15) is 13.8 Å². The van der Waals surface area contributed by atoms with Crippen LogP contribution in [-0.2, 0) is 15.6 Å². The summed E-state index contributed by atoms with van der Waals surface area (Å²) in [6, 6.07) is 3.15. The lowest BCUT2D eigenvalue weighted by Crippen LogP contribution is -2.35. The highest BCUT2D eigenvalue weighted by Crippen LogP contribution is 2.18. The van der Waals surface area contributed by atoms with Gasteiger partial charge >= 0.3 is 5.97 Å². The summed E-state index contributed by atoms with van der Waals surface area (Å²) in [5, 5.41) is 11.2. The van der Waals surface area contributed by atoms with Gasteiger partial charge in [-0.2, -0.15) is 0 Å². The number of carboxylic acid groups (broad SMARTS) is 1. The van der Waals surface area contributed by atoms with Crippen LogP contribution < -0.4 is 5.32 Å². The van der Waals surface area contributed by atoms with Gasteiger partial charge in [-0.15, -0.1) is 11.3 Å². The predicted octanol–water partition coefficient (Wildman–Crippen LogP) is 1.34. The highest BCUT2D eigenvalue weighted by atomic mass is 32.2. The third-order valence-corrected chi connectivity index (χ3v) is 4.12. The number of rotatable bonds is 6. The Labute approximate surface area is 117 Å². The number of carbonyl (C=O) groups excluding carboxylic acids is 1. The molecule has 0 aromatic carbocycles. The van der Waals surface area contributed by atoms with Gasteiger partial charge in [-0.05, 0) is 25.1 Å². The Balaban J connectivity index is 2.63. The Kier molecular flexibility index (Phi) is 5.91. The van der Waals surface area contributed by atoms with Gasteiger partial charge in [0.15, 0.2) is 0 Å². The monoisotopic (exact) mass is 301 g/mol. The number of thiophene rings is 1. The fourth-order valence-corrected chi connectivity index (χ4v) is 3.01. The van der Waals surface area contributed by atoms with Gasteiger partial charge < -0.3 is 10.4 Å². The van der Waals surface area contributed by atoms with Crippen LogP contribution in [0.4, 0.5) is 0 Å². The molecule has 0 aliphatic carbocycles. The van der Waals surface area contributed by atoms with E-state index in [-0.39, 0.29) is 11.9 Å². The largest absolute Gasteiger partial charge is 0.478 e. The SMILES string of the molecule is CC(CS(C)=O)NC(=O)c1ccc(/C=C/C(=O)O)s1. The predicted molar refractivity (Wildman–Crippen MR) is 76.9 cm³/mol. The van der Waals surface area contributed by atoms with Crippen molar-refractivity contribution >= 4 is 40.1 Å². The van der Waals surface area contributed by atoms with Crippen molar-refractivity contribution in [3.05, 3.63) is 28.0 Å². The average Bonchev–Trinajstić information content (AvgIpc) is 2.73. The number of hydrogen-bond donors (Lipinski definition) is 2. The third-order valence-electron chi connectivity index (χ3n) is 2.10. The van der Waals surface area contributed by atoms with Gasteiger partial charge in [-0.1, -0.05) is 0 Å². The number of carboxylic acids is 1. The van der Waals surface area contributed by atoms with Crippen LogP contribution in [-0.4, -0.2) is 39.2 Å². The summed E-state index contributed by atoms with van der Waals surface area (Å²) in [5.41, 5.74) is 0. The fourth-order valence-electron chi connectivity index (χ4n) is 1.41. The number of nitrogens with one attached hydrogen (secondary N) is 1. The fraction of sp³-hybridized carbons (Fsp3) is 0.333. The van der Waals surface area contributed by atoms with E-state index in [2.05, 4.69) is 5.32 Å². The molecule has 19 heavy (non-hydrogen) atoms. The normalized spacial score (nSPS) is 14.2. The number of aliphatic carboxylic acids is 1. The van der Waals surface area contributed by atoms with E-state index in [0.717, 1.165) is 6.08 Å². The molecule has 0 spiro atoms. The van der Waals surface area contributed by atoms with Gasteiger partial charge in [0, 0.05) is 39.8 Å². The van der Waals surface area contributed by atoms with Crippen molar-refractivity contribution in [3.63, 3.8) is 0 Å². The van der Waals surface area contributed by atoms with Crippen LogP contribution in [0.25, 0.3) is 6.08 Å². The second-order valence-corrected chi connectivity index (χ2v) is 6.58. The maximum Gasteiger partial charge on any atom is 0.328 e. The molecule has 5 nitrogen and oxygen atoms in total. The maximum absolute atomic E-state index is 11.8. The molecule has 0 aliphatic rings. The Morgan fingerprint density at radius 2 is 2.21 bits per heavy atom. The van der Waals surface area contributed by atoms with Crippen LogP contribution in [0.2, 0.25) is 0 Å². The molecule has 0 fully saturated rings. The Morgan fingerprint density at radius 1 is 1.53 bits per heavy atom. The minimum atomic E-state index is -1.03. The first-order valence-electron chi connectivity index (χ1n) is 5.50. The summed E-state index contributed by atoms with van der Waals surface area (Å²) < 4.78 is 11.0. The molecule has 0 radical (unpaired) electrons. The zero-order valence-electron chi connectivity index (χ0n) is 10.6. The second kappa shape index (κ2) is 7.20. The molecule has 0 saturated heterocycles. The quantitative estimate of drug-likeness (QED) is 0.777. The molecule has 2 N–H and O–H groups in total. The van der Waals surface area contributed by atoms with E-state index in [1.807, 2.05) is 0 Å². The minimum Gasteiger partial charge on any atom is -0.478 e. The van der Waals surface area contributed by atoms with E-state index in [0.29, 0.717) is 15.5 Å². The molecule has 0 aliphatic heterocycles. The summed E-state index contributed by atoms with van der Waals surface area (Å²) >= 11 is 1.21. The van der Waals surface area contributed by atoms with Crippen molar-refractivity contribution < 1.29 is 18.9 Å². The van der Waals surface area contributed by atoms with Crippen molar-refractivity contribution in [2.45, 2.75) is 13.0 Å². The molecule has 0 bridgehead atoms. The molecular weight excluding hydrogens is 286 g/mol. The third kappa shape index (κ3) is 5.80. The number of hydrogen-bond acceptors (Lipinski definition) is 4. The van der Waals surface area contributed by atoms with Gasteiger partial charge in [0.05, 0.1) is 4.88 Å². The van der Waals surface area contributed by atoms with Crippen molar-refractivity contribution in [2.75, 3.05) is 12.0 Å². The Hall–Kier alpha value is -1.47. The maximum atomic E-state index is 11.8. The summed E-state index contributed by atoms with van der Waals surface area (Å²) in [6.07, 6.45) is 4.05. The van der Waals surface area contributed by atoms with Crippen molar-refractivity contribution in [2.24, 2.45) is 0 Å². The van der Waals surface area contributed by atoms with Crippen LogP contribution in [0.15, 0.2) is 18.2 Å². The van der Waals surface area contributed by atoms with Crippen LogP contribution in [0.1, 0.15) is 21.5 Å². The van der Waals surface area contributed by atoms with Crippen molar-refractivity contribution in [1.29, 1.82) is 0 Å². The topological polar surface area (TPSA) is 83.5 Å². The summed E-state index contributed by atoms with van der Waals surface area (Å²) in [7, 11) is -0.959. The van der Waals surface area contributed by atoms with Crippen molar-refractivity contribution in [1.82, 2.24) is 5.32 Å². The van der Waals surface area contributed by atoms with Gasteiger partial charge in [0.1, 0.15) is 0 Å². The first kappa shape index (κ1) is 15.6. The van der Waals surface area contributed by atoms with Crippen LogP contribution in [0, 0.1) is 0 Å². The first-order chi connectivity index (χ1) is 8.88. The van der Waals surface area contributed by atoms with Gasteiger partial charge in [0.2, 0.25) is 0 Å². The average molecular weight is 301 g/mol. The van der Waals surface area contributed by atoms with E-state index < -0.39 is 16.8 Å². The Bertz CT molecular complexity index is 522. The lowest BCUT2D eigenvalue weighted by atomic mass is 10.3. The highest BCUT2D eigenvalue weighted by molar-refractivity contribution is 7.84. The van der Waals surface area contributed by atoms with Gasteiger partial charge in [0.25, 0.3) is 5.91 Å². The van der Waals surface area contributed by atoms with Gasteiger partial charge in [-0.25, -0.2) is 4.79 Å². The minimum absolute atomic E-state index is 0.168. The summed E-state index contributed by atoms with van der Waals surface area (Å²) in [4.78, 5) is 23.4. The molecule has 2 atom stereocenters.